The van der Waals surface area contributed by atoms with Crippen molar-refractivity contribution in [3.05, 3.63) is 90.0 Å². The Morgan fingerprint density at radius 2 is 1.59 bits per heavy atom. The number of anilines is 3. The Balaban J connectivity index is 1.45. The third-order valence-corrected chi connectivity index (χ3v) is 5.73. The van der Waals surface area contributed by atoms with Gasteiger partial charge in [-0.2, -0.15) is 0 Å². The number of benzene rings is 3. The predicted molar refractivity (Wildman–Crippen MR) is 129 cm³/mol. The van der Waals surface area contributed by atoms with Crippen LogP contribution in [0.3, 0.4) is 0 Å². The first-order valence-corrected chi connectivity index (χ1v) is 10.9. The largest absolute Gasteiger partial charge is 0.324 e. The van der Waals surface area contributed by atoms with Crippen molar-refractivity contribution in [2.45, 2.75) is 26.3 Å². The quantitative estimate of drug-likeness (QED) is 0.521. The van der Waals surface area contributed by atoms with E-state index in [4.69, 9.17) is 0 Å². The van der Waals surface area contributed by atoms with Crippen LogP contribution < -0.4 is 15.5 Å². The Hall–Kier alpha value is -3.80. The number of rotatable bonds is 5. The van der Waals surface area contributed by atoms with Crippen LogP contribution in [0.4, 0.5) is 26.7 Å². The zero-order valence-corrected chi connectivity index (χ0v) is 18.4. The molecule has 0 saturated carbocycles. The standard InChI is InChI=1S/C26H28N4O2/c1-19-12-14-22(15-13-19)27-25(31)28-23-10-6-11-24(18-23)30-17-7-16-29(26(30)32)20(2)21-8-4-3-5-9-21/h3-6,8-15,18,20H,7,16-17H2,1-2H3,(H2,27,28,31). The maximum Gasteiger partial charge on any atom is 0.324 e. The number of hydrogen-bond donors (Lipinski definition) is 2. The Labute approximate surface area is 188 Å². The van der Waals surface area contributed by atoms with Crippen molar-refractivity contribution in [1.29, 1.82) is 0 Å². The molecule has 4 amide bonds. The maximum atomic E-state index is 13.3. The molecule has 32 heavy (non-hydrogen) atoms. The number of amides is 4. The fourth-order valence-electron chi connectivity index (χ4n) is 3.94. The van der Waals surface area contributed by atoms with Crippen LogP contribution in [0.1, 0.15) is 30.5 Å². The topological polar surface area (TPSA) is 64.7 Å². The minimum atomic E-state index is -0.324. The van der Waals surface area contributed by atoms with Gasteiger partial charge in [0.2, 0.25) is 0 Å². The van der Waals surface area contributed by atoms with Crippen LogP contribution in [0.15, 0.2) is 78.9 Å². The summed E-state index contributed by atoms with van der Waals surface area (Å²) < 4.78 is 0. The number of carbonyl (C=O) groups excluding carboxylic acids is 2. The van der Waals surface area contributed by atoms with Crippen LogP contribution in [0.2, 0.25) is 0 Å². The maximum absolute atomic E-state index is 13.3. The third-order valence-electron chi connectivity index (χ3n) is 5.73. The molecule has 1 saturated heterocycles. The lowest BCUT2D eigenvalue weighted by molar-refractivity contribution is 0.175. The van der Waals surface area contributed by atoms with E-state index in [0.29, 0.717) is 12.2 Å². The van der Waals surface area contributed by atoms with Gasteiger partial charge in [-0.25, -0.2) is 9.59 Å². The summed E-state index contributed by atoms with van der Waals surface area (Å²) in [6.45, 7) is 5.43. The number of urea groups is 2. The Bertz CT molecular complexity index is 1080. The van der Waals surface area contributed by atoms with Gasteiger partial charge in [-0.3, -0.25) is 4.90 Å². The van der Waals surface area contributed by atoms with E-state index < -0.39 is 0 Å². The number of nitrogens with zero attached hydrogens (tertiary/aromatic N) is 2. The molecule has 0 radical (unpaired) electrons. The molecule has 1 aliphatic heterocycles. The van der Waals surface area contributed by atoms with Gasteiger partial charge >= 0.3 is 12.1 Å². The van der Waals surface area contributed by atoms with E-state index in [9.17, 15) is 9.59 Å². The molecule has 6 nitrogen and oxygen atoms in total. The van der Waals surface area contributed by atoms with Gasteiger partial charge in [0.05, 0.1) is 6.04 Å². The fourth-order valence-corrected chi connectivity index (χ4v) is 3.94. The van der Waals surface area contributed by atoms with E-state index in [-0.39, 0.29) is 18.1 Å². The summed E-state index contributed by atoms with van der Waals surface area (Å²) >= 11 is 0. The van der Waals surface area contributed by atoms with Crippen molar-refractivity contribution in [3.8, 4) is 0 Å². The van der Waals surface area contributed by atoms with Crippen LogP contribution in [-0.4, -0.2) is 30.1 Å². The lowest BCUT2D eigenvalue weighted by Gasteiger charge is -2.39. The van der Waals surface area contributed by atoms with Crippen molar-refractivity contribution in [2.24, 2.45) is 0 Å². The molecular formula is C26H28N4O2. The zero-order valence-electron chi connectivity index (χ0n) is 18.4. The first-order chi connectivity index (χ1) is 15.5. The third kappa shape index (κ3) is 4.91. The van der Waals surface area contributed by atoms with Crippen LogP contribution in [0, 0.1) is 6.92 Å². The van der Waals surface area contributed by atoms with Gasteiger partial charge in [-0.05, 0) is 56.2 Å². The monoisotopic (exact) mass is 428 g/mol. The summed E-state index contributed by atoms with van der Waals surface area (Å²) in [5, 5.41) is 5.68. The highest BCUT2D eigenvalue weighted by atomic mass is 16.2. The first kappa shape index (κ1) is 21.4. The first-order valence-electron chi connectivity index (χ1n) is 10.9. The molecule has 2 N–H and O–H groups in total. The Kier molecular flexibility index (Phi) is 6.40. The number of aryl methyl sites for hydroxylation is 1. The van der Waals surface area contributed by atoms with Crippen LogP contribution in [0.25, 0.3) is 0 Å². The van der Waals surface area contributed by atoms with Gasteiger partial charge in [-0.15, -0.1) is 0 Å². The number of carbonyl (C=O) groups is 2. The Morgan fingerprint density at radius 3 is 2.34 bits per heavy atom. The van der Waals surface area contributed by atoms with E-state index in [0.717, 1.165) is 35.5 Å². The average Bonchev–Trinajstić information content (AvgIpc) is 2.81. The highest BCUT2D eigenvalue weighted by Gasteiger charge is 2.30. The fraction of sp³-hybridized carbons (Fsp3) is 0.231. The molecule has 0 bridgehead atoms. The van der Waals surface area contributed by atoms with Gasteiger partial charge in [0, 0.05) is 30.2 Å². The molecule has 0 aliphatic carbocycles. The van der Waals surface area contributed by atoms with E-state index in [1.807, 2.05) is 90.7 Å². The summed E-state index contributed by atoms with van der Waals surface area (Å²) in [5.74, 6) is 0. The molecule has 1 heterocycles. The summed E-state index contributed by atoms with van der Waals surface area (Å²) in [7, 11) is 0. The smallest absolute Gasteiger partial charge is 0.318 e. The lowest BCUT2D eigenvalue weighted by Crippen LogP contribution is -2.50. The molecular weight excluding hydrogens is 400 g/mol. The summed E-state index contributed by atoms with van der Waals surface area (Å²) in [6, 6.07) is 24.7. The predicted octanol–water partition coefficient (Wildman–Crippen LogP) is 6.03. The molecule has 3 aromatic rings. The molecule has 1 fully saturated rings. The van der Waals surface area contributed by atoms with Crippen LogP contribution in [0.5, 0.6) is 0 Å². The summed E-state index contributed by atoms with van der Waals surface area (Å²) in [6.07, 6.45) is 0.883. The SMILES string of the molecule is Cc1ccc(NC(=O)Nc2cccc(N3CCCN(C(C)c4ccccc4)C3=O)c2)cc1. The molecule has 0 spiro atoms. The highest BCUT2D eigenvalue weighted by Crippen LogP contribution is 2.28. The summed E-state index contributed by atoms with van der Waals surface area (Å²) in [5.41, 5.74) is 4.37. The normalized spacial score (nSPS) is 14.8. The molecule has 4 rings (SSSR count). The number of nitrogens with one attached hydrogen (secondary N) is 2. The second-order valence-electron chi connectivity index (χ2n) is 8.06. The molecule has 1 unspecified atom stereocenters. The van der Waals surface area contributed by atoms with Gasteiger partial charge in [0.15, 0.2) is 0 Å². The van der Waals surface area contributed by atoms with Crippen molar-refractivity contribution in [2.75, 3.05) is 28.6 Å². The second-order valence-corrected chi connectivity index (χ2v) is 8.06. The highest BCUT2D eigenvalue weighted by molar-refractivity contribution is 6.00. The van der Waals surface area contributed by atoms with Crippen LogP contribution >= 0.6 is 0 Å². The van der Waals surface area contributed by atoms with Gasteiger partial charge in [0.1, 0.15) is 0 Å². The molecule has 6 heteroatoms. The summed E-state index contributed by atoms with van der Waals surface area (Å²) in [4.78, 5) is 29.4. The average molecular weight is 429 g/mol. The zero-order chi connectivity index (χ0) is 22.5. The van der Waals surface area contributed by atoms with Crippen molar-refractivity contribution in [1.82, 2.24) is 4.90 Å². The van der Waals surface area contributed by atoms with Crippen molar-refractivity contribution >= 4 is 29.1 Å². The molecule has 0 aromatic heterocycles. The molecule has 1 atom stereocenters. The van der Waals surface area contributed by atoms with E-state index in [2.05, 4.69) is 17.6 Å². The minimum absolute atomic E-state index is 0.00639. The molecule has 3 aromatic carbocycles. The minimum Gasteiger partial charge on any atom is -0.318 e. The number of hydrogen-bond acceptors (Lipinski definition) is 2. The van der Waals surface area contributed by atoms with Gasteiger partial charge in [0.25, 0.3) is 0 Å². The molecule has 164 valence electrons. The van der Waals surface area contributed by atoms with E-state index >= 15 is 0 Å². The molecule has 1 aliphatic rings. The van der Waals surface area contributed by atoms with Crippen molar-refractivity contribution in [3.63, 3.8) is 0 Å². The van der Waals surface area contributed by atoms with Gasteiger partial charge < -0.3 is 15.5 Å². The van der Waals surface area contributed by atoms with E-state index in [1.165, 1.54) is 0 Å². The lowest BCUT2D eigenvalue weighted by atomic mass is 10.1. The second kappa shape index (κ2) is 9.56. The van der Waals surface area contributed by atoms with E-state index in [1.54, 1.807) is 4.90 Å². The van der Waals surface area contributed by atoms with Crippen LogP contribution in [-0.2, 0) is 0 Å². The van der Waals surface area contributed by atoms with Gasteiger partial charge in [-0.1, -0.05) is 54.1 Å². The van der Waals surface area contributed by atoms with Crippen molar-refractivity contribution < 1.29 is 9.59 Å². The Morgan fingerprint density at radius 1 is 0.875 bits per heavy atom.